The number of hydrogen-bond donors (Lipinski definition) is 0. The first-order valence-corrected chi connectivity index (χ1v) is 6.97. The minimum absolute atomic E-state index is 0.658. The highest BCUT2D eigenvalue weighted by Gasteiger charge is 2.32. The van der Waals surface area contributed by atoms with E-state index in [1.165, 1.54) is 0 Å². The third-order valence-electron chi connectivity index (χ3n) is 2.65. The topological polar surface area (TPSA) is 0 Å². The average Bonchev–Trinajstić information content (AvgIpc) is 2.27. The molecule has 2 aromatic rings. The highest BCUT2D eigenvalue weighted by atomic mass is 79.9. The van der Waals surface area contributed by atoms with Crippen LogP contribution in [0.1, 0.15) is 16.8 Å². The van der Waals surface area contributed by atoms with Gasteiger partial charge in [-0.2, -0.15) is 13.2 Å². The van der Waals surface area contributed by atoms with Gasteiger partial charge in [0.2, 0.25) is 0 Å². The summed E-state index contributed by atoms with van der Waals surface area (Å²) in [5.74, 6) is 0. The summed E-state index contributed by atoms with van der Waals surface area (Å²) in [6.07, 6.45) is -5.05. The van der Waals surface area contributed by atoms with Crippen molar-refractivity contribution in [2.24, 2.45) is 0 Å². The highest BCUT2D eigenvalue weighted by Crippen LogP contribution is 2.39. The first-order valence-electron chi connectivity index (χ1n) is 5.26. The molecule has 0 saturated carbocycles. The Kier molecular flexibility index (Phi) is 4.02. The lowest BCUT2D eigenvalue weighted by Crippen LogP contribution is -2.10. The second-order valence-corrected chi connectivity index (χ2v) is 5.93. The Labute approximate surface area is 119 Å². The standard InChI is InChI=1S/C13H9Br2F3/c14-11-6-5-10(12(15)7-13(16,17)18)8-3-1-2-4-9(8)11/h1-6,12H,7H2. The lowest BCUT2D eigenvalue weighted by molar-refractivity contribution is -0.134. The van der Waals surface area contributed by atoms with Crippen LogP contribution < -0.4 is 0 Å². The van der Waals surface area contributed by atoms with Gasteiger partial charge in [-0.05, 0) is 22.4 Å². The molecular formula is C13H9Br2F3. The number of hydrogen-bond acceptors (Lipinski definition) is 0. The predicted octanol–water partition coefficient (Wildman–Crippen LogP) is 5.99. The molecule has 0 N–H and O–H groups in total. The fourth-order valence-electron chi connectivity index (χ4n) is 1.87. The fourth-order valence-corrected chi connectivity index (χ4v) is 3.12. The Morgan fingerprint density at radius 1 is 1.00 bits per heavy atom. The van der Waals surface area contributed by atoms with Gasteiger partial charge in [-0.15, -0.1) is 0 Å². The van der Waals surface area contributed by atoms with Gasteiger partial charge in [0.1, 0.15) is 0 Å². The minimum Gasteiger partial charge on any atom is -0.171 e. The molecule has 0 spiro atoms. The maximum Gasteiger partial charge on any atom is 0.390 e. The Balaban J connectivity index is 2.49. The third-order valence-corrected chi connectivity index (χ3v) is 4.16. The van der Waals surface area contributed by atoms with Crippen molar-refractivity contribution in [1.29, 1.82) is 0 Å². The average molecular weight is 382 g/mol. The molecule has 1 atom stereocenters. The van der Waals surface area contributed by atoms with Crippen LogP contribution in [0.2, 0.25) is 0 Å². The molecule has 2 rings (SSSR count). The van der Waals surface area contributed by atoms with Gasteiger partial charge in [-0.25, -0.2) is 0 Å². The van der Waals surface area contributed by atoms with E-state index in [2.05, 4.69) is 31.9 Å². The quantitative estimate of drug-likeness (QED) is 0.560. The summed E-state index contributed by atoms with van der Waals surface area (Å²) in [6.45, 7) is 0. The SMILES string of the molecule is FC(F)(F)CC(Br)c1ccc(Br)c2ccccc12. The fraction of sp³-hybridized carbons (Fsp3) is 0.231. The zero-order valence-electron chi connectivity index (χ0n) is 9.14. The van der Waals surface area contributed by atoms with E-state index in [1.807, 2.05) is 24.3 Å². The molecule has 2 aromatic carbocycles. The maximum absolute atomic E-state index is 12.4. The number of fused-ring (bicyclic) bond motifs is 1. The molecule has 5 heteroatoms. The smallest absolute Gasteiger partial charge is 0.171 e. The first kappa shape index (κ1) is 13.9. The molecule has 0 heterocycles. The largest absolute Gasteiger partial charge is 0.390 e. The van der Waals surface area contributed by atoms with Gasteiger partial charge in [0, 0.05) is 9.30 Å². The van der Waals surface area contributed by atoms with Crippen LogP contribution >= 0.6 is 31.9 Å². The van der Waals surface area contributed by atoms with Crippen LogP contribution in [-0.2, 0) is 0 Å². The van der Waals surface area contributed by atoms with E-state index in [-0.39, 0.29) is 0 Å². The van der Waals surface area contributed by atoms with Crippen molar-refractivity contribution in [3.05, 3.63) is 46.4 Å². The number of rotatable bonds is 2. The maximum atomic E-state index is 12.4. The van der Waals surface area contributed by atoms with Crippen molar-refractivity contribution in [3.8, 4) is 0 Å². The highest BCUT2D eigenvalue weighted by molar-refractivity contribution is 9.10. The Morgan fingerprint density at radius 3 is 2.22 bits per heavy atom. The summed E-state index contributed by atoms with van der Waals surface area (Å²) in [6, 6.07) is 10.9. The molecular weight excluding hydrogens is 373 g/mol. The molecule has 0 aliphatic rings. The molecule has 0 saturated heterocycles. The predicted molar refractivity (Wildman–Crippen MR) is 74.0 cm³/mol. The zero-order valence-corrected chi connectivity index (χ0v) is 12.3. The molecule has 96 valence electrons. The van der Waals surface area contributed by atoms with Crippen LogP contribution in [0, 0.1) is 0 Å². The normalized spacial score (nSPS) is 13.8. The second-order valence-electron chi connectivity index (χ2n) is 3.97. The lowest BCUT2D eigenvalue weighted by Gasteiger charge is -2.15. The molecule has 0 fully saturated rings. The summed E-state index contributed by atoms with van der Waals surface area (Å²) in [7, 11) is 0. The Bertz CT molecular complexity index is 564. The van der Waals surface area contributed by atoms with E-state index in [0.717, 1.165) is 15.2 Å². The van der Waals surface area contributed by atoms with Crippen LogP contribution in [0.3, 0.4) is 0 Å². The van der Waals surface area contributed by atoms with Gasteiger partial charge in [0.05, 0.1) is 6.42 Å². The van der Waals surface area contributed by atoms with Crippen molar-refractivity contribution in [2.75, 3.05) is 0 Å². The van der Waals surface area contributed by atoms with Crippen molar-refractivity contribution in [1.82, 2.24) is 0 Å². The van der Waals surface area contributed by atoms with Crippen molar-refractivity contribution >= 4 is 42.6 Å². The van der Waals surface area contributed by atoms with E-state index in [1.54, 1.807) is 12.1 Å². The monoisotopic (exact) mass is 380 g/mol. The summed E-state index contributed by atoms with van der Waals surface area (Å²) in [5.41, 5.74) is 0.658. The molecule has 0 amide bonds. The van der Waals surface area contributed by atoms with Gasteiger partial charge in [0.15, 0.2) is 0 Å². The van der Waals surface area contributed by atoms with Gasteiger partial charge >= 0.3 is 6.18 Å². The number of benzene rings is 2. The van der Waals surface area contributed by atoms with Gasteiger partial charge in [0.25, 0.3) is 0 Å². The van der Waals surface area contributed by atoms with Crippen LogP contribution in [0.25, 0.3) is 10.8 Å². The molecule has 0 aliphatic carbocycles. The van der Waals surface area contributed by atoms with E-state index in [9.17, 15) is 13.2 Å². The molecule has 0 aliphatic heterocycles. The Hall–Kier alpha value is -0.550. The number of halogens is 5. The lowest BCUT2D eigenvalue weighted by atomic mass is 10.0. The van der Waals surface area contributed by atoms with Crippen molar-refractivity contribution in [2.45, 2.75) is 17.4 Å². The van der Waals surface area contributed by atoms with E-state index < -0.39 is 17.4 Å². The van der Waals surface area contributed by atoms with E-state index >= 15 is 0 Å². The first-order chi connectivity index (χ1) is 8.38. The van der Waals surface area contributed by atoms with Crippen LogP contribution in [0.4, 0.5) is 13.2 Å². The summed E-state index contributed by atoms with van der Waals surface area (Å²) < 4.78 is 38.2. The van der Waals surface area contributed by atoms with E-state index in [0.29, 0.717) is 5.56 Å². The summed E-state index contributed by atoms with van der Waals surface area (Å²) >= 11 is 6.54. The summed E-state index contributed by atoms with van der Waals surface area (Å²) in [5, 5.41) is 1.75. The van der Waals surface area contributed by atoms with Crippen LogP contribution in [-0.4, -0.2) is 6.18 Å². The Morgan fingerprint density at radius 2 is 1.61 bits per heavy atom. The second kappa shape index (κ2) is 5.21. The molecule has 18 heavy (non-hydrogen) atoms. The molecule has 0 radical (unpaired) electrons. The molecule has 0 nitrogen and oxygen atoms in total. The van der Waals surface area contributed by atoms with Gasteiger partial charge < -0.3 is 0 Å². The van der Waals surface area contributed by atoms with Gasteiger partial charge in [-0.3, -0.25) is 0 Å². The molecule has 0 aromatic heterocycles. The minimum atomic E-state index is -4.18. The zero-order chi connectivity index (χ0) is 13.3. The van der Waals surface area contributed by atoms with Crippen LogP contribution in [0.5, 0.6) is 0 Å². The van der Waals surface area contributed by atoms with Crippen LogP contribution in [0.15, 0.2) is 40.9 Å². The summed E-state index contributed by atoms with van der Waals surface area (Å²) in [4.78, 5) is -0.726. The third kappa shape index (κ3) is 3.06. The van der Waals surface area contributed by atoms with Crippen molar-refractivity contribution in [3.63, 3.8) is 0 Å². The molecule has 1 unspecified atom stereocenters. The van der Waals surface area contributed by atoms with Gasteiger partial charge in [-0.1, -0.05) is 62.2 Å². The number of alkyl halides is 4. The molecule has 0 bridgehead atoms. The van der Waals surface area contributed by atoms with Crippen molar-refractivity contribution < 1.29 is 13.2 Å². The van der Waals surface area contributed by atoms with E-state index in [4.69, 9.17) is 0 Å².